The van der Waals surface area contributed by atoms with Gasteiger partial charge in [-0.25, -0.2) is 4.98 Å². The Hall–Kier alpha value is -1.43. The lowest BCUT2D eigenvalue weighted by Crippen LogP contribution is -2.63. The Labute approximate surface area is 123 Å². The molecule has 3 unspecified atom stereocenters. The van der Waals surface area contributed by atoms with Crippen molar-refractivity contribution in [3.8, 4) is 0 Å². The molecule has 2 amide bonds. The molecule has 3 atom stereocenters. The number of nitrogens with zero attached hydrogens (tertiary/aromatic N) is 2. The molecule has 5 nitrogen and oxygen atoms in total. The zero-order valence-electron chi connectivity index (χ0n) is 12.3. The fraction of sp³-hybridized carbons (Fsp3) is 0.643. The van der Waals surface area contributed by atoms with Crippen LogP contribution < -0.4 is 5.32 Å². The van der Waals surface area contributed by atoms with Crippen molar-refractivity contribution in [2.24, 2.45) is 5.92 Å². The van der Waals surface area contributed by atoms with E-state index in [9.17, 15) is 9.59 Å². The van der Waals surface area contributed by atoms with Gasteiger partial charge in [-0.1, -0.05) is 20.3 Å². The Kier molecular flexibility index (Phi) is 4.42. The number of rotatable bonds is 4. The smallest absolute Gasteiger partial charge is 0.246 e. The van der Waals surface area contributed by atoms with Crippen LogP contribution >= 0.6 is 11.3 Å². The summed E-state index contributed by atoms with van der Waals surface area (Å²) in [5.74, 6) is 0.0574. The molecule has 2 heterocycles. The molecule has 0 spiro atoms. The van der Waals surface area contributed by atoms with E-state index < -0.39 is 12.1 Å². The molecule has 1 N–H and O–H groups in total. The third-order valence-corrected chi connectivity index (χ3v) is 4.78. The van der Waals surface area contributed by atoms with Gasteiger partial charge >= 0.3 is 0 Å². The maximum Gasteiger partial charge on any atom is 0.246 e. The summed E-state index contributed by atoms with van der Waals surface area (Å²) in [7, 11) is 0. The highest BCUT2D eigenvalue weighted by Gasteiger charge is 2.40. The van der Waals surface area contributed by atoms with Crippen molar-refractivity contribution in [2.75, 3.05) is 0 Å². The van der Waals surface area contributed by atoms with E-state index in [-0.39, 0.29) is 17.7 Å². The minimum absolute atomic E-state index is 0.000645. The Morgan fingerprint density at radius 1 is 1.50 bits per heavy atom. The van der Waals surface area contributed by atoms with Gasteiger partial charge in [-0.05, 0) is 19.8 Å². The minimum atomic E-state index is -0.438. The summed E-state index contributed by atoms with van der Waals surface area (Å²) in [6.07, 6.45) is 2.65. The van der Waals surface area contributed by atoms with Gasteiger partial charge < -0.3 is 10.2 Å². The van der Waals surface area contributed by atoms with Crippen molar-refractivity contribution >= 4 is 23.2 Å². The van der Waals surface area contributed by atoms with Crippen LogP contribution in [0.25, 0.3) is 0 Å². The fourth-order valence-corrected chi connectivity index (χ4v) is 3.09. The van der Waals surface area contributed by atoms with Crippen molar-refractivity contribution < 1.29 is 9.59 Å². The SMILES string of the molecule is CCC(C)C1NC(=O)C(C)N(Cc2ncc(C)s2)C1=O. The number of carbonyl (C=O) groups is 2. The molecule has 1 aromatic heterocycles. The lowest BCUT2D eigenvalue weighted by Gasteiger charge is -2.39. The van der Waals surface area contributed by atoms with Crippen molar-refractivity contribution in [2.45, 2.75) is 52.7 Å². The number of carbonyl (C=O) groups excluding carboxylic acids is 2. The van der Waals surface area contributed by atoms with Gasteiger partial charge in [-0.2, -0.15) is 0 Å². The van der Waals surface area contributed by atoms with Crippen molar-refractivity contribution in [3.05, 3.63) is 16.1 Å². The van der Waals surface area contributed by atoms with Gasteiger partial charge in [0, 0.05) is 11.1 Å². The van der Waals surface area contributed by atoms with Crippen LogP contribution in [0.5, 0.6) is 0 Å². The molecular formula is C14H21N3O2S. The topological polar surface area (TPSA) is 62.3 Å². The predicted molar refractivity (Wildman–Crippen MR) is 78.2 cm³/mol. The average molecular weight is 295 g/mol. The second kappa shape index (κ2) is 5.91. The molecule has 0 saturated carbocycles. The number of nitrogens with one attached hydrogen (secondary N) is 1. The second-order valence-corrected chi connectivity index (χ2v) is 6.70. The molecule has 0 radical (unpaired) electrons. The number of hydrogen-bond donors (Lipinski definition) is 1. The van der Waals surface area contributed by atoms with Crippen LogP contribution in [0.4, 0.5) is 0 Å². The summed E-state index contributed by atoms with van der Waals surface area (Å²) in [6, 6.07) is -0.850. The summed E-state index contributed by atoms with van der Waals surface area (Å²) in [5.41, 5.74) is 0. The zero-order valence-corrected chi connectivity index (χ0v) is 13.2. The normalized spacial score (nSPS) is 24.7. The maximum absolute atomic E-state index is 12.6. The molecule has 1 aliphatic heterocycles. The average Bonchev–Trinajstić information content (AvgIpc) is 2.83. The molecular weight excluding hydrogens is 274 g/mol. The quantitative estimate of drug-likeness (QED) is 0.920. The molecule has 0 bridgehead atoms. The van der Waals surface area contributed by atoms with Gasteiger partial charge in [0.1, 0.15) is 17.1 Å². The summed E-state index contributed by atoms with van der Waals surface area (Å²) in [4.78, 5) is 31.7. The number of thiazole rings is 1. The monoisotopic (exact) mass is 295 g/mol. The van der Waals surface area contributed by atoms with Gasteiger partial charge in [-0.3, -0.25) is 9.59 Å². The van der Waals surface area contributed by atoms with Gasteiger partial charge in [0.2, 0.25) is 11.8 Å². The van der Waals surface area contributed by atoms with Crippen LogP contribution in [0.3, 0.4) is 0 Å². The first-order valence-corrected chi connectivity index (χ1v) is 7.77. The first-order valence-electron chi connectivity index (χ1n) is 6.96. The van der Waals surface area contributed by atoms with E-state index in [1.165, 1.54) is 0 Å². The molecule has 6 heteroatoms. The van der Waals surface area contributed by atoms with Crippen LogP contribution in [0.15, 0.2) is 6.20 Å². The van der Waals surface area contributed by atoms with E-state index in [1.807, 2.05) is 20.8 Å². The van der Waals surface area contributed by atoms with E-state index in [0.29, 0.717) is 6.54 Å². The molecule has 0 aliphatic carbocycles. The fourth-order valence-electron chi connectivity index (χ4n) is 2.30. The molecule has 20 heavy (non-hydrogen) atoms. The number of aromatic nitrogens is 1. The third kappa shape index (κ3) is 2.85. The molecule has 1 fully saturated rings. The lowest BCUT2D eigenvalue weighted by atomic mass is 9.94. The first-order chi connectivity index (χ1) is 9.43. The Balaban J connectivity index is 2.19. The van der Waals surface area contributed by atoms with Gasteiger partial charge in [0.25, 0.3) is 0 Å². The van der Waals surface area contributed by atoms with E-state index >= 15 is 0 Å². The summed E-state index contributed by atoms with van der Waals surface area (Å²) < 4.78 is 0. The van der Waals surface area contributed by atoms with E-state index in [1.54, 1.807) is 29.4 Å². The Bertz CT molecular complexity index is 514. The van der Waals surface area contributed by atoms with E-state index in [2.05, 4.69) is 10.3 Å². The summed E-state index contributed by atoms with van der Waals surface area (Å²) in [5, 5.41) is 3.72. The van der Waals surface area contributed by atoms with E-state index in [0.717, 1.165) is 16.3 Å². The molecule has 1 aliphatic rings. The second-order valence-electron chi connectivity index (χ2n) is 5.38. The standard InChI is InChI=1S/C14H21N3O2S/c1-5-8(2)12-14(19)17(10(4)13(18)16-12)7-11-15-6-9(3)20-11/h6,8,10,12H,5,7H2,1-4H3,(H,16,18). The van der Waals surface area contributed by atoms with Gasteiger partial charge in [0.15, 0.2) is 0 Å². The molecule has 1 saturated heterocycles. The van der Waals surface area contributed by atoms with E-state index in [4.69, 9.17) is 0 Å². The van der Waals surface area contributed by atoms with Crippen LogP contribution in [0, 0.1) is 12.8 Å². The van der Waals surface area contributed by atoms with Gasteiger partial charge in [-0.15, -0.1) is 11.3 Å². The summed E-state index contributed by atoms with van der Waals surface area (Å²) in [6.45, 7) is 8.18. The zero-order chi connectivity index (χ0) is 14.9. The van der Waals surface area contributed by atoms with Crippen LogP contribution in [0.2, 0.25) is 0 Å². The largest absolute Gasteiger partial charge is 0.342 e. The number of piperazine rings is 1. The highest BCUT2D eigenvalue weighted by Crippen LogP contribution is 2.21. The molecule has 0 aromatic carbocycles. The molecule has 1 aromatic rings. The predicted octanol–water partition coefficient (Wildman–Crippen LogP) is 1.71. The van der Waals surface area contributed by atoms with Gasteiger partial charge in [0.05, 0.1) is 6.54 Å². The van der Waals surface area contributed by atoms with Crippen LogP contribution in [0.1, 0.15) is 37.1 Å². The number of aryl methyl sites for hydroxylation is 1. The van der Waals surface area contributed by atoms with Crippen molar-refractivity contribution in [1.82, 2.24) is 15.2 Å². The van der Waals surface area contributed by atoms with Crippen LogP contribution in [-0.4, -0.2) is 33.8 Å². The third-order valence-electron chi connectivity index (χ3n) is 3.88. The van der Waals surface area contributed by atoms with Crippen LogP contribution in [-0.2, 0) is 16.1 Å². The highest BCUT2D eigenvalue weighted by molar-refractivity contribution is 7.11. The number of amides is 2. The Morgan fingerprint density at radius 3 is 2.75 bits per heavy atom. The Morgan fingerprint density at radius 2 is 2.20 bits per heavy atom. The summed E-state index contributed by atoms with van der Waals surface area (Å²) >= 11 is 1.57. The van der Waals surface area contributed by atoms with Crippen molar-refractivity contribution in [1.29, 1.82) is 0 Å². The minimum Gasteiger partial charge on any atom is -0.342 e. The molecule has 110 valence electrons. The number of hydrogen-bond acceptors (Lipinski definition) is 4. The first kappa shape index (κ1) is 15.0. The lowest BCUT2D eigenvalue weighted by molar-refractivity contribution is -0.150. The maximum atomic E-state index is 12.6. The van der Waals surface area contributed by atoms with Crippen molar-refractivity contribution in [3.63, 3.8) is 0 Å². The molecule has 2 rings (SSSR count). The highest BCUT2D eigenvalue weighted by atomic mass is 32.1.